The lowest BCUT2D eigenvalue weighted by molar-refractivity contribution is -0.141. The quantitative estimate of drug-likeness (QED) is 0.208. The van der Waals surface area contributed by atoms with Crippen molar-refractivity contribution in [2.45, 2.75) is 18.6 Å². The molecule has 10 nitrogen and oxygen atoms in total. The molecule has 0 saturated heterocycles. The van der Waals surface area contributed by atoms with Gasteiger partial charge in [-0.15, -0.1) is 0 Å². The Labute approximate surface area is 231 Å². The first-order chi connectivity index (χ1) is 19.1. The Bertz CT molecular complexity index is 1240. The number of ether oxygens (including phenoxy) is 6. The smallest absolute Gasteiger partial charge is 0.412 e. The summed E-state index contributed by atoms with van der Waals surface area (Å²) in [7, 11) is 0. The van der Waals surface area contributed by atoms with Gasteiger partial charge in [0.2, 0.25) is 6.79 Å². The topological polar surface area (TPSA) is 122 Å². The second-order valence-electron chi connectivity index (χ2n) is 8.30. The summed E-state index contributed by atoms with van der Waals surface area (Å²) < 4.78 is 33.7. The number of amides is 1. The zero-order valence-electron chi connectivity index (χ0n) is 21.0. The molecule has 2 N–H and O–H groups in total. The molecule has 11 heteroatoms. The van der Waals surface area contributed by atoms with E-state index in [2.05, 4.69) is 17.9 Å². The lowest BCUT2D eigenvalue weighted by Gasteiger charge is -2.28. The molecule has 0 unspecified atom stereocenters. The van der Waals surface area contributed by atoms with E-state index in [0.29, 0.717) is 34.2 Å². The maximum atomic E-state index is 13.1. The third-order valence-corrected chi connectivity index (χ3v) is 5.82. The van der Waals surface area contributed by atoms with Crippen molar-refractivity contribution in [3.05, 3.63) is 78.4 Å². The highest BCUT2D eigenvalue weighted by molar-refractivity contribution is 7.81. The zero-order chi connectivity index (χ0) is 27.5. The minimum atomic E-state index is -0.938. The highest BCUT2D eigenvalue weighted by Gasteiger charge is 2.30. The van der Waals surface area contributed by atoms with Crippen LogP contribution < -0.4 is 24.3 Å². The van der Waals surface area contributed by atoms with Crippen molar-refractivity contribution in [3.8, 4) is 23.0 Å². The fourth-order valence-electron chi connectivity index (χ4n) is 3.82. The maximum absolute atomic E-state index is 13.1. The molecule has 1 heterocycles. The number of thiol groups is 1. The Morgan fingerprint density at radius 2 is 1.74 bits per heavy atom. The molecule has 3 aromatic carbocycles. The van der Waals surface area contributed by atoms with Gasteiger partial charge >= 0.3 is 12.1 Å². The molecule has 1 aliphatic heterocycles. The van der Waals surface area contributed by atoms with Gasteiger partial charge in [-0.1, -0.05) is 30.3 Å². The lowest BCUT2D eigenvalue weighted by atomic mass is 10.0. The summed E-state index contributed by atoms with van der Waals surface area (Å²) in [6, 6.07) is 21.0. The number of nitrogens with one attached hydrogen (secondary N) is 1. The minimum Gasteiger partial charge on any atom is -0.491 e. The number of carbonyl (C=O) groups is 2. The Morgan fingerprint density at radius 1 is 0.949 bits per heavy atom. The molecule has 206 valence electrons. The van der Waals surface area contributed by atoms with E-state index in [1.165, 1.54) is 0 Å². The monoisotopic (exact) mass is 555 g/mol. The number of rotatable bonds is 13. The van der Waals surface area contributed by atoms with Crippen molar-refractivity contribution < 1.29 is 43.1 Å². The molecule has 39 heavy (non-hydrogen) atoms. The number of anilines is 1. The van der Waals surface area contributed by atoms with Crippen LogP contribution in [0.3, 0.4) is 0 Å². The number of para-hydroxylation sites is 1. The van der Waals surface area contributed by atoms with Crippen molar-refractivity contribution in [1.82, 2.24) is 0 Å². The third-order valence-electron chi connectivity index (χ3n) is 5.56. The second kappa shape index (κ2) is 14.2. The standard InChI is InChI=1S/C28H29NO9S/c30-12-14-33-22-8-4-5-19(15-22)27(38-28(32)29-20-9-10-23-25(16-20)36-18-35-23)24(11-13-34-26(31)17-39)37-21-6-2-1-3-7-21/h1-10,15-16,24,27,30,39H,11-14,17-18H2,(H,29,32)/t24-,27-/m0/s1. The van der Waals surface area contributed by atoms with E-state index < -0.39 is 24.3 Å². The summed E-state index contributed by atoms with van der Waals surface area (Å²) in [6.07, 6.45) is -2.23. The van der Waals surface area contributed by atoms with Gasteiger partial charge in [-0.25, -0.2) is 4.79 Å². The summed E-state index contributed by atoms with van der Waals surface area (Å²) >= 11 is 3.94. The van der Waals surface area contributed by atoms with E-state index >= 15 is 0 Å². The number of aliphatic hydroxyl groups is 1. The molecule has 0 aliphatic carbocycles. The van der Waals surface area contributed by atoms with Crippen molar-refractivity contribution in [2.24, 2.45) is 0 Å². The van der Waals surface area contributed by atoms with Crippen LogP contribution in [0.5, 0.6) is 23.0 Å². The zero-order valence-corrected chi connectivity index (χ0v) is 21.9. The summed E-state index contributed by atoms with van der Waals surface area (Å²) in [5, 5.41) is 11.9. The molecule has 0 aromatic heterocycles. The Morgan fingerprint density at radius 3 is 2.54 bits per heavy atom. The van der Waals surface area contributed by atoms with Gasteiger partial charge in [0, 0.05) is 18.2 Å². The summed E-state index contributed by atoms with van der Waals surface area (Å²) in [6.45, 7) is 0.0685. The second-order valence-corrected chi connectivity index (χ2v) is 8.62. The number of carbonyl (C=O) groups excluding carboxylic acids is 2. The summed E-state index contributed by atoms with van der Waals surface area (Å²) in [5.74, 6) is 1.57. The van der Waals surface area contributed by atoms with E-state index in [1.54, 1.807) is 54.6 Å². The van der Waals surface area contributed by atoms with Crippen molar-refractivity contribution in [1.29, 1.82) is 0 Å². The molecule has 0 saturated carbocycles. The van der Waals surface area contributed by atoms with Crippen LogP contribution in [0.4, 0.5) is 10.5 Å². The fourth-order valence-corrected chi connectivity index (χ4v) is 3.91. The molecule has 0 fully saturated rings. The first-order valence-corrected chi connectivity index (χ1v) is 12.9. The molecule has 3 aromatic rings. The highest BCUT2D eigenvalue weighted by Crippen LogP contribution is 2.35. The van der Waals surface area contributed by atoms with Gasteiger partial charge in [0.05, 0.1) is 19.0 Å². The molecule has 2 atom stereocenters. The van der Waals surface area contributed by atoms with Crippen molar-refractivity contribution >= 4 is 30.4 Å². The largest absolute Gasteiger partial charge is 0.491 e. The van der Waals surface area contributed by atoms with Crippen molar-refractivity contribution in [2.75, 3.05) is 37.7 Å². The van der Waals surface area contributed by atoms with Gasteiger partial charge in [-0.05, 0) is 42.0 Å². The number of hydrogen-bond acceptors (Lipinski definition) is 10. The number of fused-ring (bicyclic) bond motifs is 1. The third kappa shape index (κ3) is 8.20. The van der Waals surface area contributed by atoms with Crippen LogP contribution in [0.25, 0.3) is 0 Å². The average molecular weight is 556 g/mol. The molecule has 1 amide bonds. The number of aliphatic hydroxyl groups excluding tert-OH is 1. The molecule has 0 radical (unpaired) electrons. The van der Waals surface area contributed by atoms with Gasteiger partial charge in [-0.2, -0.15) is 12.6 Å². The lowest BCUT2D eigenvalue weighted by Crippen LogP contribution is -2.32. The Hall–Kier alpha value is -4.09. The predicted molar refractivity (Wildman–Crippen MR) is 145 cm³/mol. The van der Waals surface area contributed by atoms with Gasteiger partial charge in [-0.3, -0.25) is 10.1 Å². The fraction of sp³-hybridized carbons (Fsp3) is 0.286. The van der Waals surface area contributed by atoms with Crippen LogP contribution in [-0.4, -0.2) is 55.6 Å². The van der Waals surface area contributed by atoms with E-state index in [4.69, 9.17) is 33.5 Å². The average Bonchev–Trinajstić information content (AvgIpc) is 3.43. The summed E-state index contributed by atoms with van der Waals surface area (Å²) in [5.41, 5.74) is 1.03. The van der Waals surface area contributed by atoms with Gasteiger partial charge in [0.1, 0.15) is 24.2 Å². The number of benzene rings is 3. The SMILES string of the molecule is O=C(CS)OCC[C@H](Oc1ccccc1)[C@@H](OC(=O)Nc1ccc2c(c1)OCO2)c1cccc(OCCO)c1. The van der Waals surface area contributed by atoms with Crippen LogP contribution in [-0.2, 0) is 14.3 Å². The molecule has 0 spiro atoms. The normalized spacial score (nSPS) is 13.2. The number of hydrogen-bond donors (Lipinski definition) is 3. The molecular weight excluding hydrogens is 526 g/mol. The van der Waals surface area contributed by atoms with Gasteiger partial charge in [0.15, 0.2) is 17.6 Å². The van der Waals surface area contributed by atoms with E-state index in [0.717, 1.165) is 0 Å². The van der Waals surface area contributed by atoms with Crippen molar-refractivity contribution in [3.63, 3.8) is 0 Å². The number of esters is 1. The first-order valence-electron chi connectivity index (χ1n) is 12.2. The minimum absolute atomic E-state index is 0.0151. The maximum Gasteiger partial charge on any atom is 0.412 e. The van der Waals surface area contributed by atoms with E-state index in [-0.39, 0.29) is 38.8 Å². The van der Waals surface area contributed by atoms with Crippen LogP contribution in [0, 0.1) is 0 Å². The molecular formula is C28H29NO9S. The molecule has 1 aliphatic rings. The Balaban J connectivity index is 1.59. The first kappa shape index (κ1) is 27.9. The highest BCUT2D eigenvalue weighted by atomic mass is 32.1. The summed E-state index contributed by atoms with van der Waals surface area (Å²) in [4.78, 5) is 24.8. The van der Waals surface area contributed by atoms with Crippen LogP contribution in [0.2, 0.25) is 0 Å². The van der Waals surface area contributed by atoms with Gasteiger partial charge in [0.25, 0.3) is 0 Å². The predicted octanol–water partition coefficient (Wildman–Crippen LogP) is 4.39. The van der Waals surface area contributed by atoms with Crippen LogP contribution in [0.1, 0.15) is 18.1 Å². The van der Waals surface area contributed by atoms with Crippen LogP contribution in [0.15, 0.2) is 72.8 Å². The van der Waals surface area contributed by atoms with E-state index in [1.807, 2.05) is 18.2 Å². The molecule has 0 bridgehead atoms. The van der Waals surface area contributed by atoms with Gasteiger partial charge < -0.3 is 33.5 Å². The van der Waals surface area contributed by atoms with E-state index in [9.17, 15) is 9.59 Å². The van der Waals surface area contributed by atoms with Crippen LogP contribution >= 0.6 is 12.6 Å². The Kier molecular flexibility index (Phi) is 10.1. The molecule has 4 rings (SSSR count).